The van der Waals surface area contributed by atoms with Gasteiger partial charge in [0.05, 0.1) is 0 Å². The van der Waals surface area contributed by atoms with Gasteiger partial charge in [-0.1, -0.05) is 0 Å². The minimum Gasteiger partial charge on any atom is -0.331 e. The van der Waals surface area contributed by atoms with E-state index in [1.807, 2.05) is 19.0 Å². The van der Waals surface area contributed by atoms with Crippen LogP contribution in [0.2, 0.25) is 0 Å². The van der Waals surface area contributed by atoms with Crippen molar-refractivity contribution in [2.75, 3.05) is 41.3 Å². The molecule has 1 atom stereocenters. The highest BCUT2D eigenvalue weighted by Gasteiger charge is 2.29. The lowest BCUT2D eigenvalue weighted by Crippen LogP contribution is -2.45. The van der Waals surface area contributed by atoms with Crippen LogP contribution in [0.15, 0.2) is 0 Å². The van der Waals surface area contributed by atoms with E-state index in [1.54, 1.807) is 4.90 Å². The summed E-state index contributed by atoms with van der Waals surface area (Å²) in [6.07, 6.45) is 2.27. The summed E-state index contributed by atoms with van der Waals surface area (Å²) in [6.45, 7) is 1.88. The largest absolute Gasteiger partial charge is 0.331 e. The molecule has 1 fully saturated rings. The van der Waals surface area contributed by atoms with Gasteiger partial charge in [0.2, 0.25) is 0 Å². The fourth-order valence-electron chi connectivity index (χ4n) is 1.96. The molecule has 0 aromatic heterocycles. The second-order valence-corrected chi connectivity index (χ2v) is 4.43. The van der Waals surface area contributed by atoms with Gasteiger partial charge in [-0.3, -0.25) is 0 Å². The number of amides is 2. The van der Waals surface area contributed by atoms with Gasteiger partial charge >= 0.3 is 6.03 Å². The highest BCUT2D eigenvalue weighted by Crippen LogP contribution is 2.18. The summed E-state index contributed by atoms with van der Waals surface area (Å²) in [7, 11) is 7.73. The van der Waals surface area contributed by atoms with E-state index >= 15 is 0 Å². The van der Waals surface area contributed by atoms with Crippen molar-refractivity contribution in [2.45, 2.75) is 18.9 Å². The van der Waals surface area contributed by atoms with Crippen molar-refractivity contribution in [3.05, 3.63) is 0 Å². The lowest BCUT2D eigenvalue weighted by molar-refractivity contribution is 0.156. The Balaban J connectivity index is 2.55. The number of urea groups is 1. The first-order chi connectivity index (χ1) is 6.52. The topological polar surface area (TPSA) is 26.8 Å². The van der Waals surface area contributed by atoms with Gasteiger partial charge in [0.25, 0.3) is 0 Å². The first-order valence-electron chi connectivity index (χ1n) is 5.15. The van der Waals surface area contributed by atoms with Gasteiger partial charge in [-0.05, 0) is 26.9 Å². The highest BCUT2D eigenvalue weighted by atomic mass is 16.2. The van der Waals surface area contributed by atoms with Crippen LogP contribution < -0.4 is 0 Å². The predicted octanol–water partition coefficient (Wildman–Crippen LogP) is 0.694. The third-order valence-corrected chi connectivity index (χ3v) is 2.58. The van der Waals surface area contributed by atoms with Crippen LogP contribution in [0, 0.1) is 0 Å². The number of rotatable bonds is 2. The van der Waals surface area contributed by atoms with E-state index in [2.05, 4.69) is 19.0 Å². The van der Waals surface area contributed by atoms with E-state index < -0.39 is 0 Å². The molecule has 82 valence electrons. The van der Waals surface area contributed by atoms with E-state index in [9.17, 15) is 4.79 Å². The van der Waals surface area contributed by atoms with Crippen molar-refractivity contribution in [1.82, 2.24) is 14.7 Å². The first kappa shape index (κ1) is 11.3. The van der Waals surface area contributed by atoms with Crippen LogP contribution in [0.3, 0.4) is 0 Å². The average Bonchev–Trinajstić information content (AvgIpc) is 2.49. The van der Waals surface area contributed by atoms with E-state index in [0.29, 0.717) is 6.04 Å². The summed E-state index contributed by atoms with van der Waals surface area (Å²) in [5, 5.41) is 0. The number of carbonyl (C=O) groups is 1. The SMILES string of the molecule is CN(C)CC1CCCN1C(=O)N(C)C. The van der Waals surface area contributed by atoms with Crippen LogP contribution in [0.1, 0.15) is 12.8 Å². The summed E-state index contributed by atoms with van der Waals surface area (Å²) in [6, 6.07) is 0.550. The van der Waals surface area contributed by atoms with Gasteiger partial charge in [0.15, 0.2) is 0 Å². The molecule has 0 radical (unpaired) electrons. The van der Waals surface area contributed by atoms with Crippen LogP contribution in [-0.2, 0) is 0 Å². The molecule has 0 bridgehead atoms. The van der Waals surface area contributed by atoms with E-state index in [-0.39, 0.29) is 6.03 Å². The van der Waals surface area contributed by atoms with Crippen LogP contribution >= 0.6 is 0 Å². The van der Waals surface area contributed by atoms with Gasteiger partial charge in [0, 0.05) is 33.2 Å². The molecule has 4 heteroatoms. The molecular weight excluding hydrogens is 178 g/mol. The number of hydrogen-bond acceptors (Lipinski definition) is 2. The molecule has 0 N–H and O–H groups in total. The average molecular weight is 199 g/mol. The molecule has 0 aromatic rings. The Hall–Kier alpha value is -0.770. The first-order valence-corrected chi connectivity index (χ1v) is 5.15. The Kier molecular flexibility index (Phi) is 3.75. The lowest BCUT2D eigenvalue weighted by Gasteiger charge is -2.29. The van der Waals surface area contributed by atoms with Gasteiger partial charge in [-0.15, -0.1) is 0 Å². The van der Waals surface area contributed by atoms with E-state index in [0.717, 1.165) is 25.9 Å². The summed E-state index contributed by atoms with van der Waals surface area (Å²) in [5.74, 6) is 0. The van der Waals surface area contributed by atoms with Crippen molar-refractivity contribution in [3.63, 3.8) is 0 Å². The Morgan fingerprint density at radius 3 is 2.50 bits per heavy atom. The maximum absolute atomic E-state index is 11.8. The molecule has 1 rings (SSSR count). The number of hydrogen-bond donors (Lipinski definition) is 0. The molecule has 1 unspecified atom stereocenters. The molecule has 0 aliphatic carbocycles. The van der Waals surface area contributed by atoms with Crippen molar-refractivity contribution < 1.29 is 4.79 Å². The normalized spacial score (nSPS) is 21.8. The molecule has 14 heavy (non-hydrogen) atoms. The zero-order valence-electron chi connectivity index (χ0n) is 9.66. The van der Waals surface area contributed by atoms with Crippen molar-refractivity contribution in [2.24, 2.45) is 0 Å². The molecule has 1 saturated heterocycles. The number of likely N-dealkylation sites (N-methyl/N-ethyl adjacent to an activating group) is 1. The quantitative estimate of drug-likeness (QED) is 0.654. The second kappa shape index (κ2) is 4.64. The summed E-state index contributed by atoms with van der Waals surface area (Å²) in [5.41, 5.74) is 0. The Labute approximate surface area is 86.5 Å². The molecule has 1 aliphatic rings. The van der Waals surface area contributed by atoms with Gasteiger partial charge < -0.3 is 14.7 Å². The smallest absolute Gasteiger partial charge is 0.319 e. The van der Waals surface area contributed by atoms with Crippen LogP contribution in [0.5, 0.6) is 0 Å². The van der Waals surface area contributed by atoms with Gasteiger partial charge in [-0.25, -0.2) is 4.79 Å². The number of carbonyl (C=O) groups excluding carboxylic acids is 1. The van der Waals surface area contributed by atoms with Crippen LogP contribution in [0.25, 0.3) is 0 Å². The maximum Gasteiger partial charge on any atom is 0.319 e. The molecule has 0 spiro atoms. The van der Waals surface area contributed by atoms with Crippen molar-refractivity contribution in [3.8, 4) is 0 Å². The zero-order chi connectivity index (χ0) is 10.7. The predicted molar refractivity (Wildman–Crippen MR) is 57.4 cm³/mol. The summed E-state index contributed by atoms with van der Waals surface area (Å²) < 4.78 is 0. The molecule has 0 aromatic carbocycles. The molecular formula is C10H21N3O. The fraction of sp³-hybridized carbons (Fsp3) is 0.900. The maximum atomic E-state index is 11.8. The lowest BCUT2D eigenvalue weighted by atomic mass is 10.2. The van der Waals surface area contributed by atoms with Gasteiger partial charge in [0.1, 0.15) is 0 Å². The second-order valence-electron chi connectivity index (χ2n) is 4.43. The standard InChI is InChI=1S/C10H21N3O/c1-11(2)8-9-6-5-7-13(9)10(14)12(3)4/h9H,5-8H2,1-4H3. The minimum atomic E-state index is 0.148. The Bertz CT molecular complexity index is 204. The van der Waals surface area contributed by atoms with Gasteiger partial charge in [-0.2, -0.15) is 0 Å². The highest BCUT2D eigenvalue weighted by molar-refractivity contribution is 5.74. The Morgan fingerprint density at radius 2 is 2.00 bits per heavy atom. The molecule has 4 nitrogen and oxygen atoms in total. The minimum absolute atomic E-state index is 0.148. The summed E-state index contributed by atoms with van der Waals surface area (Å²) in [4.78, 5) is 17.6. The molecule has 1 aliphatic heterocycles. The molecule has 1 heterocycles. The van der Waals surface area contributed by atoms with E-state index in [1.165, 1.54) is 0 Å². The summed E-state index contributed by atoms with van der Waals surface area (Å²) >= 11 is 0. The van der Waals surface area contributed by atoms with Crippen molar-refractivity contribution in [1.29, 1.82) is 0 Å². The fourth-order valence-corrected chi connectivity index (χ4v) is 1.96. The van der Waals surface area contributed by atoms with Crippen LogP contribution in [0.4, 0.5) is 4.79 Å². The monoisotopic (exact) mass is 199 g/mol. The third-order valence-electron chi connectivity index (χ3n) is 2.58. The third kappa shape index (κ3) is 2.61. The molecule has 0 saturated carbocycles. The van der Waals surface area contributed by atoms with Crippen LogP contribution in [-0.4, -0.2) is 68.1 Å². The van der Waals surface area contributed by atoms with Crippen molar-refractivity contribution >= 4 is 6.03 Å². The number of likely N-dealkylation sites (tertiary alicyclic amines) is 1. The Morgan fingerprint density at radius 1 is 1.36 bits per heavy atom. The van der Waals surface area contributed by atoms with E-state index in [4.69, 9.17) is 0 Å². The number of nitrogens with zero attached hydrogens (tertiary/aromatic N) is 3. The zero-order valence-corrected chi connectivity index (χ0v) is 9.66. The molecule has 2 amide bonds.